The van der Waals surface area contributed by atoms with E-state index in [1.807, 2.05) is 6.07 Å². The highest BCUT2D eigenvalue weighted by molar-refractivity contribution is 6.31. The summed E-state index contributed by atoms with van der Waals surface area (Å²) in [6.45, 7) is 0. The lowest BCUT2D eigenvalue weighted by Crippen LogP contribution is -2.25. The summed E-state index contributed by atoms with van der Waals surface area (Å²) in [5.41, 5.74) is 0.0408. The minimum Gasteiger partial charge on any atom is -0.424 e. The third-order valence-electron chi connectivity index (χ3n) is 6.42. The van der Waals surface area contributed by atoms with E-state index >= 15 is 0 Å². The average Bonchev–Trinajstić information content (AvgIpc) is 3.28. The van der Waals surface area contributed by atoms with Crippen LogP contribution in [-0.4, -0.2) is 16.1 Å². The molecule has 1 aliphatic carbocycles. The van der Waals surface area contributed by atoms with Gasteiger partial charge in [-0.1, -0.05) is 54.6 Å². The molecular weight excluding hydrogens is 446 g/mol. The molecule has 166 valence electrons. The number of nitrogens with zero attached hydrogens (tertiary/aromatic N) is 1. The summed E-state index contributed by atoms with van der Waals surface area (Å²) < 4.78 is 13.1. The van der Waals surface area contributed by atoms with Crippen LogP contribution in [-0.2, 0) is 0 Å². The topological polar surface area (TPSA) is 99.5 Å². The zero-order chi connectivity index (χ0) is 23.8. The Morgan fingerprint density at radius 1 is 0.629 bits per heavy atom. The highest BCUT2D eigenvalue weighted by Gasteiger charge is 2.37. The third-order valence-corrected chi connectivity index (χ3v) is 6.42. The van der Waals surface area contributed by atoms with Gasteiger partial charge in [0.1, 0.15) is 10.8 Å². The second kappa shape index (κ2) is 6.74. The first-order chi connectivity index (χ1) is 17.1. The first-order valence-electron chi connectivity index (χ1n) is 10.9. The molecule has 0 unspecified atom stereocenters. The van der Waals surface area contributed by atoms with Crippen LogP contribution in [0.25, 0.3) is 38.7 Å². The first-order valence-corrected chi connectivity index (χ1v) is 10.9. The molecule has 3 aromatic heterocycles. The van der Waals surface area contributed by atoms with Crippen molar-refractivity contribution < 1.29 is 18.4 Å². The highest BCUT2D eigenvalue weighted by atomic mass is 16.5. The molecule has 0 saturated carbocycles. The monoisotopic (exact) mass is 459 g/mol. The molecule has 0 spiro atoms. The van der Waals surface area contributed by atoms with Crippen LogP contribution in [0.1, 0.15) is 32.0 Å². The fraction of sp³-hybridized carbons (Fsp3) is 0. The zero-order valence-corrected chi connectivity index (χ0v) is 17.9. The van der Waals surface area contributed by atoms with Gasteiger partial charge in [0.15, 0.2) is 17.1 Å². The number of carbonyl (C=O) groups excluding carboxylic acids is 2. The lowest BCUT2D eigenvalue weighted by Gasteiger charge is -2.13. The Balaban J connectivity index is 1.68. The normalized spacial score (nSPS) is 12.9. The van der Waals surface area contributed by atoms with E-state index in [9.17, 15) is 19.2 Å². The summed E-state index contributed by atoms with van der Waals surface area (Å²) in [4.78, 5) is 54.0. The third kappa shape index (κ3) is 2.44. The molecule has 1 aliphatic rings. The molecular formula is C28H13NO6. The quantitative estimate of drug-likeness (QED) is 0.332. The first kappa shape index (κ1) is 19.4. The van der Waals surface area contributed by atoms with Gasteiger partial charge in [0.05, 0.1) is 11.1 Å². The van der Waals surface area contributed by atoms with Crippen molar-refractivity contribution in [1.82, 2.24) is 4.57 Å². The summed E-state index contributed by atoms with van der Waals surface area (Å²) in [5.74, 6) is -1.56. The molecule has 7 nitrogen and oxygen atoms in total. The van der Waals surface area contributed by atoms with Crippen molar-refractivity contribution in [2.24, 2.45) is 0 Å². The van der Waals surface area contributed by atoms with Crippen molar-refractivity contribution in [3.8, 4) is 5.69 Å². The molecule has 0 fully saturated rings. The Kier molecular flexibility index (Phi) is 3.74. The van der Waals surface area contributed by atoms with Crippen molar-refractivity contribution in [3.63, 3.8) is 0 Å². The molecule has 35 heavy (non-hydrogen) atoms. The Morgan fingerprint density at radius 3 is 2.06 bits per heavy atom. The van der Waals surface area contributed by atoms with E-state index in [0.29, 0.717) is 16.6 Å². The van der Waals surface area contributed by atoms with Crippen molar-refractivity contribution >= 4 is 44.6 Å². The van der Waals surface area contributed by atoms with E-state index in [4.69, 9.17) is 8.83 Å². The number of benzene rings is 3. The van der Waals surface area contributed by atoms with Crippen molar-refractivity contribution in [1.29, 1.82) is 0 Å². The Labute approximate surface area is 195 Å². The molecule has 0 saturated heterocycles. The number of rotatable bonds is 1. The lowest BCUT2D eigenvalue weighted by molar-refractivity contribution is 0.0961. The number of hydrogen-bond donors (Lipinski definition) is 0. The number of pyridine rings is 1. The molecule has 7 rings (SSSR count). The summed E-state index contributed by atoms with van der Waals surface area (Å²) in [6.07, 6.45) is 0. The lowest BCUT2D eigenvalue weighted by atomic mass is 9.87. The molecule has 0 radical (unpaired) electrons. The van der Waals surface area contributed by atoms with Crippen molar-refractivity contribution in [2.75, 3.05) is 0 Å². The minimum absolute atomic E-state index is 0.0405. The predicted molar refractivity (Wildman–Crippen MR) is 129 cm³/mol. The van der Waals surface area contributed by atoms with Crippen LogP contribution in [0.5, 0.6) is 0 Å². The van der Waals surface area contributed by atoms with Crippen LogP contribution in [0, 0.1) is 0 Å². The fourth-order valence-electron chi connectivity index (χ4n) is 4.87. The van der Waals surface area contributed by atoms with Gasteiger partial charge < -0.3 is 8.83 Å². The summed E-state index contributed by atoms with van der Waals surface area (Å²) >= 11 is 0. The number of hydrogen-bond acceptors (Lipinski definition) is 6. The van der Waals surface area contributed by atoms with Gasteiger partial charge in [-0.05, 0) is 24.3 Å². The Morgan fingerprint density at radius 2 is 1.29 bits per heavy atom. The maximum absolute atomic E-state index is 13.8. The van der Waals surface area contributed by atoms with Crippen LogP contribution >= 0.6 is 0 Å². The largest absolute Gasteiger partial charge is 0.424 e. The maximum atomic E-state index is 13.8. The number of ketones is 2. The molecule has 3 heterocycles. The molecule has 0 aliphatic heterocycles. The second-order valence-electron chi connectivity index (χ2n) is 8.30. The number of furan rings is 1. The van der Waals surface area contributed by atoms with Gasteiger partial charge in [-0.2, -0.15) is 0 Å². The summed E-state index contributed by atoms with van der Waals surface area (Å²) in [7, 11) is 0. The van der Waals surface area contributed by atoms with Crippen LogP contribution in [0.15, 0.2) is 97.3 Å². The van der Waals surface area contributed by atoms with Crippen molar-refractivity contribution in [3.05, 3.63) is 122 Å². The number of carbonyl (C=O) groups is 2. The number of fused-ring (bicyclic) bond motifs is 7. The minimum atomic E-state index is -0.716. The number of para-hydroxylation sites is 2. The smallest absolute Gasteiger partial charge is 0.303 e. The zero-order valence-electron chi connectivity index (χ0n) is 17.9. The predicted octanol–water partition coefficient (Wildman–Crippen LogP) is 4.62. The Hall–Kier alpha value is -5.04. The van der Waals surface area contributed by atoms with E-state index < -0.39 is 22.6 Å². The van der Waals surface area contributed by atoms with Gasteiger partial charge in [-0.15, -0.1) is 0 Å². The molecule has 3 aromatic carbocycles. The van der Waals surface area contributed by atoms with Crippen LogP contribution in [0.4, 0.5) is 0 Å². The highest BCUT2D eigenvalue weighted by Crippen LogP contribution is 2.35. The van der Waals surface area contributed by atoms with Gasteiger partial charge in [0, 0.05) is 22.2 Å². The Bertz CT molecular complexity index is 2020. The standard InChI is InChI=1S/C28H13NO6/c30-22-15-10-4-5-11-16(15)23(31)26-19(22)20-24(32)21-25(34-28(20)35-26)17-12-6-7-13-18(17)29(27(21)33)14-8-2-1-3-9-14/h1-13H. The maximum Gasteiger partial charge on any atom is 0.303 e. The molecule has 0 atom stereocenters. The molecule has 0 bridgehead atoms. The SMILES string of the molecule is O=C1c2ccccc2C(=O)c2c1oc1oc3c(c(=O)c21)c(=O)n(-c1ccccc1)c1ccccc31. The average molecular weight is 459 g/mol. The molecule has 0 N–H and O–H groups in total. The second-order valence-corrected chi connectivity index (χ2v) is 8.30. The van der Waals surface area contributed by atoms with E-state index in [0.717, 1.165) is 0 Å². The van der Waals surface area contributed by atoms with Gasteiger partial charge >= 0.3 is 5.78 Å². The van der Waals surface area contributed by atoms with Gasteiger partial charge in [-0.3, -0.25) is 23.7 Å². The van der Waals surface area contributed by atoms with E-state index in [-0.39, 0.29) is 44.6 Å². The molecule has 0 amide bonds. The molecule has 6 aromatic rings. The van der Waals surface area contributed by atoms with Gasteiger partial charge in [0.25, 0.3) is 5.56 Å². The van der Waals surface area contributed by atoms with Gasteiger partial charge in [-0.25, -0.2) is 0 Å². The van der Waals surface area contributed by atoms with Crippen LogP contribution in [0.3, 0.4) is 0 Å². The van der Waals surface area contributed by atoms with Gasteiger partial charge in [0.2, 0.25) is 11.2 Å². The molecule has 7 heteroatoms. The van der Waals surface area contributed by atoms with E-state index in [2.05, 4.69) is 0 Å². The van der Waals surface area contributed by atoms with E-state index in [1.54, 1.807) is 60.7 Å². The summed E-state index contributed by atoms with van der Waals surface area (Å²) in [5, 5.41) is 0.0929. The fourth-order valence-corrected chi connectivity index (χ4v) is 4.87. The summed E-state index contributed by atoms with van der Waals surface area (Å²) in [6, 6.07) is 22.3. The van der Waals surface area contributed by atoms with Crippen molar-refractivity contribution in [2.45, 2.75) is 0 Å². The number of aromatic nitrogens is 1. The van der Waals surface area contributed by atoms with E-state index in [1.165, 1.54) is 16.7 Å². The van der Waals surface area contributed by atoms with Crippen LogP contribution in [0.2, 0.25) is 0 Å². The van der Waals surface area contributed by atoms with Crippen LogP contribution < -0.4 is 11.0 Å².